The Bertz CT molecular complexity index is 572. The lowest BCUT2D eigenvalue weighted by Crippen LogP contribution is -2.35. The first-order valence-corrected chi connectivity index (χ1v) is 12.5. The molecule has 2 saturated heterocycles. The maximum Gasteiger partial charge on any atom is 0.157 e. The molecule has 0 radical (unpaired) electrons. The SMILES string of the molecule is CC(COCCOC1CCCCO1)(COCCOC1CCCCO1)COCc1ccccc1. The summed E-state index contributed by atoms with van der Waals surface area (Å²) in [7, 11) is 0. The minimum atomic E-state index is -0.266. The van der Waals surface area contributed by atoms with Gasteiger partial charge in [-0.15, -0.1) is 0 Å². The Morgan fingerprint density at radius 2 is 1.27 bits per heavy atom. The monoisotopic (exact) mass is 466 g/mol. The summed E-state index contributed by atoms with van der Waals surface area (Å²) in [6.45, 7) is 7.99. The fraction of sp³-hybridized carbons (Fsp3) is 0.769. The molecule has 3 rings (SSSR count). The summed E-state index contributed by atoms with van der Waals surface area (Å²) in [5.74, 6) is 0. The molecule has 0 N–H and O–H groups in total. The summed E-state index contributed by atoms with van der Waals surface area (Å²) in [5, 5.41) is 0. The molecule has 2 heterocycles. The van der Waals surface area contributed by atoms with Crippen molar-refractivity contribution in [3.8, 4) is 0 Å². The molecular weight excluding hydrogens is 424 g/mol. The molecular formula is C26H42O7. The first kappa shape index (κ1) is 26.5. The van der Waals surface area contributed by atoms with Crippen molar-refractivity contribution in [1.29, 1.82) is 0 Å². The van der Waals surface area contributed by atoms with Gasteiger partial charge in [-0.25, -0.2) is 0 Å². The highest BCUT2D eigenvalue weighted by molar-refractivity contribution is 5.13. The lowest BCUT2D eigenvalue weighted by Gasteiger charge is -2.29. The van der Waals surface area contributed by atoms with Crippen molar-refractivity contribution in [2.24, 2.45) is 5.41 Å². The number of ether oxygens (including phenoxy) is 7. The van der Waals surface area contributed by atoms with Crippen molar-refractivity contribution in [2.45, 2.75) is 64.6 Å². The van der Waals surface area contributed by atoms with Gasteiger partial charge in [-0.3, -0.25) is 0 Å². The quantitative estimate of drug-likeness (QED) is 0.336. The molecule has 7 heteroatoms. The van der Waals surface area contributed by atoms with E-state index in [0.717, 1.165) is 57.3 Å². The first-order valence-electron chi connectivity index (χ1n) is 12.5. The summed E-state index contributed by atoms with van der Waals surface area (Å²) < 4.78 is 40.7. The van der Waals surface area contributed by atoms with Gasteiger partial charge in [0.2, 0.25) is 0 Å². The molecule has 0 amide bonds. The summed E-state index contributed by atoms with van der Waals surface area (Å²) in [4.78, 5) is 0. The molecule has 2 unspecified atom stereocenters. The standard InChI is InChI=1S/C26H42O7/c1-26(22-29-19-23-9-3-2-4-10-23,20-27-15-17-32-24-11-5-7-13-30-24)21-28-16-18-33-25-12-6-8-14-31-25/h2-4,9-10,24-25H,5-8,11-22H2,1H3. The molecule has 0 aromatic heterocycles. The average Bonchev–Trinajstić information content (AvgIpc) is 2.86. The second kappa shape index (κ2) is 15.8. The van der Waals surface area contributed by atoms with E-state index in [1.165, 1.54) is 0 Å². The summed E-state index contributed by atoms with van der Waals surface area (Å²) >= 11 is 0. The lowest BCUT2D eigenvalue weighted by molar-refractivity contribution is -0.175. The fourth-order valence-electron chi connectivity index (χ4n) is 3.91. The maximum atomic E-state index is 6.03. The van der Waals surface area contributed by atoms with E-state index in [9.17, 15) is 0 Å². The van der Waals surface area contributed by atoms with Crippen LogP contribution in [0.5, 0.6) is 0 Å². The molecule has 2 aliphatic heterocycles. The van der Waals surface area contributed by atoms with E-state index in [4.69, 9.17) is 33.2 Å². The van der Waals surface area contributed by atoms with Gasteiger partial charge in [0.05, 0.1) is 52.9 Å². The van der Waals surface area contributed by atoms with Crippen molar-refractivity contribution < 1.29 is 33.2 Å². The van der Waals surface area contributed by atoms with E-state index in [1.807, 2.05) is 18.2 Å². The van der Waals surface area contributed by atoms with Crippen molar-refractivity contribution in [3.05, 3.63) is 35.9 Å². The van der Waals surface area contributed by atoms with E-state index in [1.54, 1.807) is 0 Å². The van der Waals surface area contributed by atoms with E-state index in [-0.39, 0.29) is 18.0 Å². The van der Waals surface area contributed by atoms with Gasteiger partial charge < -0.3 is 33.2 Å². The van der Waals surface area contributed by atoms with Crippen LogP contribution in [-0.2, 0) is 39.8 Å². The van der Waals surface area contributed by atoms with Crippen molar-refractivity contribution in [1.82, 2.24) is 0 Å². The van der Waals surface area contributed by atoms with Crippen LogP contribution in [0.25, 0.3) is 0 Å². The van der Waals surface area contributed by atoms with E-state index >= 15 is 0 Å². The Morgan fingerprint density at radius 3 is 1.79 bits per heavy atom. The van der Waals surface area contributed by atoms with Crippen LogP contribution in [0.1, 0.15) is 51.0 Å². The van der Waals surface area contributed by atoms with Gasteiger partial charge in [0.1, 0.15) is 0 Å². The van der Waals surface area contributed by atoms with Crippen molar-refractivity contribution >= 4 is 0 Å². The summed E-state index contributed by atoms with van der Waals surface area (Å²) in [5.41, 5.74) is 0.890. The molecule has 2 atom stereocenters. The Hall–Kier alpha value is -1.06. The lowest BCUT2D eigenvalue weighted by atomic mass is 9.94. The van der Waals surface area contributed by atoms with Crippen LogP contribution in [0.3, 0.4) is 0 Å². The van der Waals surface area contributed by atoms with Gasteiger partial charge in [0.25, 0.3) is 0 Å². The van der Waals surface area contributed by atoms with Crippen LogP contribution < -0.4 is 0 Å². The Kier molecular flexibility index (Phi) is 12.7. The summed E-state index contributed by atoms with van der Waals surface area (Å²) in [6, 6.07) is 10.2. The van der Waals surface area contributed by atoms with E-state index in [2.05, 4.69) is 19.1 Å². The van der Waals surface area contributed by atoms with Gasteiger partial charge in [0, 0.05) is 18.6 Å². The van der Waals surface area contributed by atoms with E-state index in [0.29, 0.717) is 52.9 Å². The van der Waals surface area contributed by atoms with Crippen LogP contribution in [0, 0.1) is 5.41 Å². The van der Waals surface area contributed by atoms with E-state index < -0.39 is 0 Å². The predicted molar refractivity (Wildman–Crippen MR) is 125 cm³/mol. The fourth-order valence-corrected chi connectivity index (χ4v) is 3.91. The summed E-state index contributed by atoms with van der Waals surface area (Å²) in [6.07, 6.45) is 6.33. The molecule has 2 fully saturated rings. The predicted octanol–water partition coefficient (Wildman–Crippen LogP) is 4.33. The molecule has 2 aliphatic rings. The molecule has 188 valence electrons. The smallest absolute Gasteiger partial charge is 0.157 e. The first-order chi connectivity index (χ1) is 16.2. The number of rotatable bonds is 16. The number of hydrogen-bond acceptors (Lipinski definition) is 7. The molecule has 0 spiro atoms. The minimum absolute atomic E-state index is 0.0839. The number of hydrogen-bond donors (Lipinski definition) is 0. The maximum absolute atomic E-state index is 6.03. The third kappa shape index (κ3) is 11.3. The van der Waals surface area contributed by atoms with Crippen LogP contribution in [0.4, 0.5) is 0 Å². The highest BCUT2D eigenvalue weighted by atomic mass is 16.7. The second-order valence-electron chi connectivity index (χ2n) is 9.23. The highest BCUT2D eigenvalue weighted by Gasteiger charge is 2.26. The van der Waals surface area contributed by atoms with Crippen LogP contribution in [-0.4, -0.2) is 72.0 Å². The number of benzene rings is 1. The normalized spacial score (nSPS) is 23.3. The van der Waals surface area contributed by atoms with Crippen LogP contribution in [0.2, 0.25) is 0 Å². The van der Waals surface area contributed by atoms with Crippen molar-refractivity contribution in [3.63, 3.8) is 0 Å². The molecule has 1 aromatic carbocycles. The molecule has 0 aliphatic carbocycles. The molecule has 7 nitrogen and oxygen atoms in total. The van der Waals surface area contributed by atoms with Gasteiger partial charge >= 0.3 is 0 Å². The molecule has 0 saturated carbocycles. The van der Waals surface area contributed by atoms with Gasteiger partial charge in [-0.05, 0) is 44.1 Å². The molecule has 1 aromatic rings. The zero-order valence-electron chi connectivity index (χ0n) is 20.2. The van der Waals surface area contributed by atoms with Gasteiger partial charge in [-0.2, -0.15) is 0 Å². The van der Waals surface area contributed by atoms with Gasteiger partial charge in [-0.1, -0.05) is 37.3 Å². The Labute approximate surface area is 199 Å². The largest absolute Gasteiger partial charge is 0.378 e. The zero-order chi connectivity index (χ0) is 23.0. The van der Waals surface area contributed by atoms with Crippen LogP contribution >= 0.6 is 0 Å². The second-order valence-corrected chi connectivity index (χ2v) is 9.23. The minimum Gasteiger partial charge on any atom is -0.378 e. The molecule has 0 bridgehead atoms. The molecule has 33 heavy (non-hydrogen) atoms. The Balaban J connectivity index is 1.34. The topological polar surface area (TPSA) is 64.6 Å². The highest BCUT2D eigenvalue weighted by Crippen LogP contribution is 2.20. The third-order valence-electron chi connectivity index (χ3n) is 5.80. The third-order valence-corrected chi connectivity index (χ3v) is 5.80. The van der Waals surface area contributed by atoms with Crippen molar-refractivity contribution in [2.75, 3.05) is 59.5 Å². The van der Waals surface area contributed by atoms with Gasteiger partial charge in [0.15, 0.2) is 12.6 Å². The average molecular weight is 467 g/mol. The zero-order valence-corrected chi connectivity index (χ0v) is 20.2. The Morgan fingerprint density at radius 1 is 0.727 bits per heavy atom. The van der Waals surface area contributed by atoms with Crippen LogP contribution in [0.15, 0.2) is 30.3 Å².